The Morgan fingerprint density at radius 1 is 0.966 bits per heavy atom. The van der Waals surface area contributed by atoms with E-state index in [1.54, 1.807) is 0 Å². The number of rotatable bonds is 5. The fourth-order valence-corrected chi connectivity index (χ4v) is 4.02. The molecule has 2 aromatic rings. The molecule has 3 amide bonds. The third-order valence-electron chi connectivity index (χ3n) is 5.58. The molecule has 1 fully saturated rings. The van der Waals surface area contributed by atoms with Crippen LogP contribution in [0, 0.1) is 11.8 Å². The molecule has 0 radical (unpaired) electrons. The molecule has 6 nitrogen and oxygen atoms in total. The number of allylic oxidation sites excluding steroid dienone is 2. The topological polar surface area (TPSA) is 69.7 Å². The summed E-state index contributed by atoms with van der Waals surface area (Å²) in [5.41, 5.74) is 2.43. The number of nitrogens with one attached hydrogen (secondary N) is 1. The molecule has 1 aliphatic carbocycles. The molecule has 148 valence electrons. The number of fused-ring (bicyclic) bond motifs is 1. The van der Waals surface area contributed by atoms with E-state index in [2.05, 4.69) is 5.32 Å². The van der Waals surface area contributed by atoms with Crippen LogP contribution in [0.1, 0.15) is 12.8 Å². The highest BCUT2D eigenvalue weighted by Crippen LogP contribution is 2.35. The first kappa shape index (κ1) is 18.9. The van der Waals surface area contributed by atoms with Crippen molar-refractivity contribution < 1.29 is 14.4 Å². The third kappa shape index (κ3) is 3.66. The zero-order valence-corrected chi connectivity index (χ0v) is 16.2. The van der Waals surface area contributed by atoms with E-state index in [1.165, 1.54) is 0 Å². The lowest BCUT2D eigenvalue weighted by Gasteiger charge is -2.23. The second-order valence-corrected chi connectivity index (χ2v) is 7.38. The maximum absolute atomic E-state index is 12.7. The van der Waals surface area contributed by atoms with Crippen LogP contribution in [0.15, 0.2) is 66.7 Å². The van der Waals surface area contributed by atoms with Gasteiger partial charge in [0.1, 0.15) is 6.54 Å². The first-order valence-corrected chi connectivity index (χ1v) is 9.74. The molecule has 0 aromatic heterocycles. The molecule has 1 N–H and O–H groups in total. The predicted octanol–water partition coefficient (Wildman–Crippen LogP) is 3.34. The van der Waals surface area contributed by atoms with Crippen molar-refractivity contribution in [3.63, 3.8) is 0 Å². The van der Waals surface area contributed by atoms with E-state index < -0.39 is 0 Å². The number of carbonyl (C=O) groups is 3. The zero-order chi connectivity index (χ0) is 20.4. The van der Waals surface area contributed by atoms with Crippen molar-refractivity contribution in [1.82, 2.24) is 4.90 Å². The smallest absolute Gasteiger partial charge is 0.244 e. The van der Waals surface area contributed by atoms with Gasteiger partial charge in [-0.05, 0) is 37.1 Å². The van der Waals surface area contributed by atoms with E-state index in [1.807, 2.05) is 78.7 Å². The lowest BCUT2D eigenvalue weighted by atomic mass is 9.85. The Hall–Kier alpha value is -3.41. The van der Waals surface area contributed by atoms with Gasteiger partial charge in [-0.1, -0.05) is 42.5 Å². The van der Waals surface area contributed by atoms with E-state index >= 15 is 0 Å². The minimum atomic E-state index is -0.382. The van der Waals surface area contributed by atoms with Gasteiger partial charge < -0.3 is 10.2 Å². The SMILES string of the molecule is CN(c1ccccc1)c1ccccc1NC(=O)CN1C(=O)[C@H]2CC=CC[C@H]2C1=O. The Kier molecular flexibility index (Phi) is 5.16. The molecular weight excluding hydrogens is 366 g/mol. The molecule has 2 aliphatic rings. The van der Waals surface area contributed by atoms with E-state index in [0.717, 1.165) is 16.3 Å². The molecule has 29 heavy (non-hydrogen) atoms. The highest BCUT2D eigenvalue weighted by Gasteiger charge is 2.47. The Morgan fingerprint density at radius 2 is 1.55 bits per heavy atom. The van der Waals surface area contributed by atoms with Crippen LogP contribution in [0.5, 0.6) is 0 Å². The van der Waals surface area contributed by atoms with Gasteiger partial charge in [-0.25, -0.2) is 0 Å². The van der Waals surface area contributed by atoms with Gasteiger partial charge in [0.25, 0.3) is 0 Å². The molecule has 1 aliphatic heterocycles. The molecule has 1 saturated heterocycles. The van der Waals surface area contributed by atoms with Crippen molar-refractivity contribution >= 4 is 34.8 Å². The lowest BCUT2D eigenvalue weighted by molar-refractivity contribution is -0.142. The Bertz CT molecular complexity index is 944. The van der Waals surface area contributed by atoms with Crippen molar-refractivity contribution in [3.05, 3.63) is 66.7 Å². The summed E-state index contributed by atoms with van der Waals surface area (Å²) in [5.74, 6) is -1.51. The lowest BCUT2D eigenvalue weighted by Crippen LogP contribution is -2.38. The van der Waals surface area contributed by atoms with Gasteiger partial charge >= 0.3 is 0 Å². The monoisotopic (exact) mass is 389 g/mol. The summed E-state index contributed by atoms with van der Waals surface area (Å²) in [5, 5.41) is 2.87. The van der Waals surface area contributed by atoms with Crippen LogP contribution in [-0.2, 0) is 14.4 Å². The number of amides is 3. The largest absolute Gasteiger partial charge is 0.343 e. The van der Waals surface area contributed by atoms with Crippen LogP contribution in [0.3, 0.4) is 0 Å². The quantitative estimate of drug-likeness (QED) is 0.629. The number of imide groups is 1. The molecule has 0 saturated carbocycles. The fraction of sp³-hybridized carbons (Fsp3) is 0.261. The first-order valence-electron chi connectivity index (χ1n) is 9.74. The Labute approximate surface area is 169 Å². The average molecular weight is 389 g/mol. The second-order valence-electron chi connectivity index (χ2n) is 7.38. The van der Waals surface area contributed by atoms with Crippen LogP contribution in [0.25, 0.3) is 0 Å². The summed E-state index contributed by atoms with van der Waals surface area (Å²) in [6, 6.07) is 17.3. The number of hydrogen-bond donors (Lipinski definition) is 1. The van der Waals surface area contributed by atoms with Crippen LogP contribution in [0.4, 0.5) is 17.1 Å². The summed E-state index contributed by atoms with van der Waals surface area (Å²) in [4.78, 5) is 40.9. The Morgan fingerprint density at radius 3 is 2.21 bits per heavy atom. The van der Waals surface area contributed by atoms with E-state index in [-0.39, 0.29) is 36.1 Å². The predicted molar refractivity (Wildman–Crippen MR) is 112 cm³/mol. The average Bonchev–Trinajstić information content (AvgIpc) is 2.99. The van der Waals surface area contributed by atoms with Gasteiger partial charge in [0, 0.05) is 12.7 Å². The van der Waals surface area contributed by atoms with Crippen molar-refractivity contribution in [1.29, 1.82) is 0 Å². The van der Waals surface area contributed by atoms with E-state index in [0.29, 0.717) is 18.5 Å². The molecule has 1 heterocycles. The Balaban J connectivity index is 1.48. The summed E-state index contributed by atoms with van der Waals surface area (Å²) < 4.78 is 0. The summed E-state index contributed by atoms with van der Waals surface area (Å²) >= 11 is 0. The van der Waals surface area contributed by atoms with Crippen molar-refractivity contribution in [2.75, 3.05) is 23.8 Å². The molecule has 2 aromatic carbocycles. The normalized spacial score (nSPS) is 20.5. The van der Waals surface area contributed by atoms with Gasteiger partial charge in [-0.3, -0.25) is 19.3 Å². The van der Waals surface area contributed by atoms with Gasteiger partial charge in [0.05, 0.1) is 23.2 Å². The zero-order valence-electron chi connectivity index (χ0n) is 16.2. The first-order chi connectivity index (χ1) is 14.1. The molecule has 0 bridgehead atoms. The highest BCUT2D eigenvalue weighted by molar-refractivity contribution is 6.09. The van der Waals surface area contributed by atoms with Gasteiger partial charge in [-0.15, -0.1) is 0 Å². The molecule has 0 unspecified atom stereocenters. The summed E-state index contributed by atoms with van der Waals surface area (Å²) in [6.07, 6.45) is 5.01. The number of hydrogen-bond acceptors (Lipinski definition) is 4. The van der Waals surface area contributed by atoms with Gasteiger partial charge in [0.15, 0.2) is 0 Å². The van der Waals surface area contributed by atoms with Gasteiger partial charge in [-0.2, -0.15) is 0 Å². The number of para-hydroxylation sites is 3. The van der Waals surface area contributed by atoms with Crippen molar-refractivity contribution in [3.8, 4) is 0 Å². The number of carbonyl (C=O) groups excluding carboxylic acids is 3. The molecular formula is C23H23N3O3. The number of benzene rings is 2. The van der Waals surface area contributed by atoms with Crippen LogP contribution < -0.4 is 10.2 Å². The third-order valence-corrected chi connectivity index (χ3v) is 5.58. The molecule has 6 heteroatoms. The molecule has 0 spiro atoms. The molecule has 2 atom stereocenters. The fourth-order valence-electron chi connectivity index (χ4n) is 4.02. The number of nitrogens with zero attached hydrogens (tertiary/aromatic N) is 2. The number of likely N-dealkylation sites (tertiary alicyclic amines) is 1. The van der Waals surface area contributed by atoms with E-state index in [4.69, 9.17) is 0 Å². The van der Waals surface area contributed by atoms with Crippen LogP contribution in [-0.4, -0.2) is 36.2 Å². The second kappa shape index (κ2) is 7.91. The maximum atomic E-state index is 12.7. The highest BCUT2D eigenvalue weighted by atomic mass is 16.2. The molecule has 4 rings (SSSR count). The van der Waals surface area contributed by atoms with Crippen molar-refractivity contribution in [2.45, 2.75) is 12.8 Å². The van der Waals surface area contributed by atoms with Crippen LogP contribution >= 0.6 is 0 Å². The minimum absolute atomic E-state index is 0.241. The summed E-state index contributed by atoms with van der Waals surface area (Å²) in [7, 11) is 1.92. The van der Waals surface area contributed by atoms with E-state index in [9.17, 15) is 14.4 Å². The number of anilines is 3. The maximum Gasteiger partial charge on any atom is 0.244 e. The van der Waals surface area contributed by atoms with Crippen molar-refractivity contribution in [2.24, 2.45) is 11.8 Å². The van der Waals surface area contributed by atoms with Gasteiger partial charge in [0.2, 0.25) is 17.7 Å². The van der Waals surface area contributed by atoms with Crippen LogP contribution in [0.2, 0.25) is 0 Å². The minimum Gasteiger partial charge on any atom is -0.343 e. The standard InChI is InChI=1S/C23H23N3O3/c1-25(16-9-3-2-4-10-16)20-14-8-7-13-19(20)24-21(27)15-26-22(28)17-11-5-6-12-18(17)23(26)29/h2-10,13-14,17-18H,11-12,15H2,1H3,(H,24,27)/t17-,18+. The summed E-state index contributed by atoms with van der Waals surface area (Å²) in [6.45, 7) is -0.256.